The quantitative estimate of drug-likeness (QED) is 0.0197. The van der Waals surface area contributed by atoms with Crippen molar-refractivity contribution in [2.24, 2.45) is 0 Å². The van der Waals surface area contributed by atoms with Crippen molar-refractivity contribution in [2.75, 3.05) is 26.4 Å². The number of hydrogen-bond donors (Lipinski definition) is 2. The van der Waals surface area contributed by atoms with E-state index in [2.05, 4.69) is 118 Å². The molecular formula is C60H101O11P. The molecule has 0 fully saturated rings. The van der Waals surface area contributed by atoms with Crippen LogP contribution in [-0.2, 0) is 42.2 Å². The van der Waals surface area contributed by atoms with E-state index < -0.39 is 57.8 Å². The molecule has 3 unspecified atom stereocenters. The first kappa shape index (κ1) is 68.4. The summed E-state index contributed by atoms with van der Waals surface area (Å²) in [4.78, 5) is 48.5. The van der Waals surface area contributed by atoms with Crippen LogP contribution in [0, 0.1) is 0 Å². The molecule has 0 spiro atoms. The summed E-state index contributed by atoms with van der Waals surface area (Å²) < 4.78 is 39.4. The van der Waals surface area contributed by atoms with Gasteiger partial charge in [-0.1, -0.05) is 208 Å². The topological polar surface area (TPSA) is 155 Å². The highest BCUT2D eigenvalue weighted by Gasteiger charge is 2.28. The van der Waals surface area contributed by atoms with Gasteiger partial charge in [-0.05, 0) is 96.3 Å². The summed E-state index contributed by atoms with van der Waals surface area (Å²) in [6.45, 7) is 4.34. The van der Waals surface area contributed by atoms with Crippen molar-refractivity contribution >= 4 is 25.7 Å². The van der Waals surface area contributed by atoms with Gasteiger partial charge in [-0.2, -0.15) is 0 Å². The van der Waals surface area contributed by atoms with E-state index in [1.54, 1.807) is 0 Å². The molecule has 0 heterocycles. The number of rotatable bonds is 51. The third-order valence-electron chi connectivity index (χ3n) is 11.5. The molecule has 0 aliphatic carbocycles. The Morgan fingerprint density at radius 2 is 0.722 bits per heavy atom. The van der Waals surface area contributed by atoms with Gasteiger partial charge in [-0.15, -0.1) is 0 Å². The van der Waals surface area contributed by atoms with E-state index in [-0.39, 0.29) is 25.9 Å². The van der Waals surface area contributed by atoms with Crippen LogP contribution in [0.3, 0.4) is 0 Å². The van der Waals surface area contributed by atoms with E-state index >= 15 is 0 Å². The second-order valence-electron chi connectivity index (χ2n) is 18.3. The zero-order valence-corrected chi connectivity index (χ0v) is 46.3. The summed E-state index contributed by atoms with van der Waals surface area (Å²) in [5.41, 5.74) is 0. The van der Waals surface area contributed by atoms with Gasteiger partial charge < -0.3 is 24.2 Å². The Kier molecular flexibility index (Phi) is 51.0. The van der Waals surface area contributed by atoms with Crippen molar-refractivity contribution in [1.82, 2.24) is 0 Å². The van der Waals surface area contributed by atoms with Crippen molar-refractivity contribution in [3.8, 4) is 0 Å². The van der Waals surface area contributed by atoms with Gasteiger partial charge in [-0.25, -0.2) is 4.57 Å². The maximum Gasteiger partial charge on any atom is 0.472 e. The largest absolute Gasteiger partial charge is 0.472 e. The Bertz CT molecular complexity index is 1580. The number of phosphoric ester groups is 1. The van der Waals surface area contributed by atoms with E-state index in [1.165, 1.54) is 57.8 Å². The molecule has 11 nitrogen and oxygen atoms in total. The van der Waals surface area contributed by atoms with Gasteiger partial charge in [-0.3, -0.25) is 23.4 Å². The SMILES string of the molecule is CC/C=C\C/C=C\C/C=C\C/C=C\C/C=C\CCCCCC(=O)OC(COC(=O)CCCCC/C=C\C/C=C\C/C=C\CC)COP(=O)(O)OCC(CO)OC(=O)CCCCCCCCCCCCCCC. The van der Waals surface area contributed by atoms with Crippen LogP contribution in [0.4, 0.5) is 0 Å². The van der Waals surface area contributed by atoms with Gasteiger partial charge in [0, 0.05) is 19.3 Å². The minimum atomic E-state index is -4.76. The lowest BCUT2D eigenvalue weighted by Crippen LogP contribution is -2.30. The zero-order chi connectivity index (χ0) is 52.7. The highest BCUT2D eigenvalue weighted by molar-refractivity contribution is 7.47. The summed E-state index contributed by atoms with van der Waals surface area (Å²) in [7, 11) is -4.76. The zero-order valence-electron chi connectivity index (χ0n) is 45.4. The molecular weight excluding hydrogens is 928 g/mol. The fourth-order valence-electron chi connectivity index (χ4n) is 7.28. The van der Waals surface area contributed by atoms with Crippen LogP contribution in [-0.4, -0.2) is 66.5 Å². The number of aliphatic hydroxyl groups excluding tert-OH is 1. The van der Waals surface area contributed by atoms with Gasteiger partial charge in [0.2, 0.25) is 0 Å². The first-order valence-electron chi connectivity index (χ1n) is 28.1. The number of esters is 3. The molecule has 12 heteroatoms. The van der Waals surface area contributed by atoms with Crippen molar-refractivity contribution in [3.05, 3.63) is 97.2 Å². The molecule has 72 heavy (non-hydrogen) atoms. The number of allylic oxidation sites excluding steroid dienone is 16. The van der Waals surface area contributed by atoms with Gasteiger partial charge in [0.1, 0.15) is 12.7 Å². The maximum absolute atomic E-state index is 12.9. The van der Waals surface area contributed by atoms with Crippen LogP contribution in [0.1, 0.15) is 226 Å². The molecule has 0 saturated heterocycles. The molecule has 0 aromatic carbocycles. The highest BCUT2D eigenvalue weighted by Crippen LogP contribution is 2.43. The van der Waals surface area contributed by atoms with Gasteiger partial charge in [0.15, 0.2) is 6.10 Å². The summed E-state index contributed by atoms with van der Waals surface area (Å²) in [6, 6.07) is 0. The second-order valence-corrected chi connectivity index (χ2v) is 19.8. The fourth-order valence-corrected chi connectivity index (χ4v) is 8.06. The fraction of sp³-hybridized carbons (Fsp3) is 0.683. The molecule has 0 radical (unpaired) electrons. The molecule has 0 bridgehead atoms. The van der Waals surface area contributed by atoms with E-state index in [4.69, 9.17) is 23.3 Å². The minimum Gasteiger partial charge on any atom is -0.462 e. The average Bonchev–Trinajstić information content (AvgIpc) is 3.37. The Balaban J connectivity index is 4.82. The third-order valence-corrected chi connectivity index (χ3v) is 12.5. The average molecular weight is 1030 g/mol. The van der Waals surface area contributed by atoms with Crippen LogP contribution in [0.15, 0.2) is 97.2 Å². The lowest BCUT2D eigenvalue weighted by molar-refractivity contribution is -0.161. The Labute approximate surface area is 438 Å². The van der Waals surface area contributed by atoms with Crippen LogP contribution >= 0.6 is 7.82 Å². The number of hydrogen-bond acceptors (Lipinski definition) is 10. The first-order chi connectivity index (χ1) is 35.2. The predicted molar refractivity (Wildman–Crippen MR) is 297 cm³/mol. The number of aliphatic hydroxyl groups is 1. The molecule has 0 aromatic heterocycles. The van der Waals surface area contributed by atoms with Crippen LogP contribution in [0.2, 0.25) is 0 Å². The molecule has 2 N–H and O–H groups in total. The smallest absolute Gasteiger partial charge is 0.462 e. The third kappa shape index (κ3) is 51.3. The van der Waals surface area contributed by atoms with Crippen LogP contribution in [0.25, 0.3) is 0 Å². The lowest BCUT2D eigenvalue weighted by Gasteiger charge is -2.21. The number of carbonyl (C=O) groups is 3. The standard InChI is InChI=1S/C60H101O11P/c1-4-7-10-13-16-19-22-25-26-27-28-29-30-33-36-39-42-45-48-51-60(64)71-57(53-67-58(62)49-46-43-40-37-34-31-23-20-17-14-11-8-5-2)55-69-72(65,66)68-54-56(52-61)70-59(63)50-47-44-41-38-35-32-24-21-18-15-12-9-6-3/h7-8,10-11,16-17,19-20,25-26,28-29,31,33-34,36,56-57,61H,4-6,9,12-15,18,21-24,27,30,32,35,37-55H2,1-3H3,(H,65,66)/b10-7-,11-8-,19-16-,20-17-,26-25-,29-28-,34-31-,36-33-. The molecule has 0 rings (SSSR count). The van der Waals surface area contributed by atoms with E-state index in [1.807, 2.05) is 0 Å². The molecule has 0 saturated carbocycles. The molecule has 412 valence electrons. The second kappa shape index (κ2) is 53.7. The Morgan fingerprint density at radius 1 is 0.403 bits per heavy atom. The van der Waals surface area contributed by atoms with Crippen LogP contribution < -0.4 is 0 Å². The minimum absolute atomic E-state index is 0.118. The summed E-state index contributed by atoms with van der Waals surface area (Å²) in [6.07, 6.45) is 62.3. The summed E-state index contributed by atoms with van der Waals surface area (Å²) in [5, 5.41) is 9.80. The number of ether oxygens (including phenoxy) is 3. The normalized spacial score (nSPS) is 14.1. The monoisotopic (exact) mass is 1030 g/mol. The van der Waals surface area contributed by atoms with Crippen molar-refractivity contribution in [1.29, 1.82) is 0 Å². The number of unbranched alkanes of at least 4 members (excludes halogenated alkanes) is 18. The summed E-state index contributed by atoms with van der Waals surface area (Å²) in [5.74, 6) is -1.54. The molecule has 3 atom stereocenters. The maximum atomic E-state index is 12.9. The van der Waals surface area contributed by atoms with E-state index in [9.17, 15) is 28.9 Å². The Morgan fingerprint density at radius 3 is 1.11 bits per heavy atom. The molecule has 0 aliphatic rings. The van der Waals surface area contributed by atoms with Crippen LogP contribution in [0.5, 0.6) is 0 Å². The predicted octanol–water partition coefficient (Wildman–Crippen LogP) is 16.5. The molecule has 0 aromatic rings. The highest BCUT2D eigenvalue weighted by atomic mass is 31.2. The summed E-state index contributed by atoms with van der Waals surface area (Å²) >= 11 is 0. The van der Waals surface area contributed by atoms with Crippen molar-refractivity contribution in [3.63, 3.8) is 0 Å². The van der Waals surface area contributed by atoms with Crippen molar-refractivity contribution in [2.45, 2.75) is 238 Å². The van der Waals surface area contributed by atoms with Gasteiger partial charge >= 0.3 is 25.7 Å². The van der Waals surface area contributed by atoms with Crippen molar-refractivity contribution < 1.29 is 52.2 Å². The Hall–Kier alpha value is -3.60. The van der Waals surface area contributed by atoms with Gasteiger partial charge in [0.25, 0.3) is 0 Å². The number of phosphoric acid groups is 1. The molecule has 0 aliphatic heterocycles. The van der Waals surface area contributed by atoms with Gasteiger partial charge in [0.05, 0.1) is 19.8 Å². The van der Waals surface area contributed by atoms with E-state index in [0.717, 1.165) is 109 Å². The molecule has 0 amide bonds. The first-order valence-corrected chi connectivity index (χ1v) is 29.6. The lowest BCUT2D eigenvalue weighted by atomic mass is 10.0. The van der Waals surface area contributed by atoms with E-state index in [0.29, 0.717) is 19.3 Å². The number of carbonyl (C=O) groups excluding carboxylic acids is 3.